The number of urea groups is 1. The van der Waals surface area contributed by atoms with Crippen LogP contribution in [0.25, 0.3) is 0 Å². The smallest absolute Gasteiger partial charge is 0.317 e. The van der Waals surface area contributed by atoms with Crippen LogP contribution >= 0.6 is 0 Å². The molecule has 1 aliphatic heterocycles. The zero-order chi connectivity index (χ0) is 13.7. The second kappa shape index (κ2) is 6.57. The molecule has 1 aliphatic rings. The molecule has 1 N–H and O–H groups in total. The predicted molar refractivity (Wildman–Crippen MR) is 77.0 cm³/mol. The Hall–Kier alpha value is -1.55. The first-order valence-electron chi connectivity index (χ1n) is 6.90. The molecule has 0 aliphatic carbocycles. The molecule has 1 saturated heterocycles. The molecule has 1 atom stereocenters. The summed E-state index contributed by atoms with van der Waals surface area (Å²) in [5, 5.41) is 2.96. The van der Waals surface area contributed by atoms with Crippen molar-refractivity contribution in [3.05, 3.63) is 35.9 Å². The van der Waals surface area contributed by atoms with Gasteiger partial charge in [-0.1, -0.05) is 30.3 Å². The van der Waals surface area contributed by atoms with Crippen LogP contribution in [-0.4, -0.2) is 49.1 Å². The number of likely N-dealkylation sites (N-methyl/N-ethyl adjacent to an activating group) is 2. The van der Waals surface area contributed by atoms with Crippen LogP contribution in [0, 0.1) is 0 Å². The van der Waals surface area contributed by atoms with Gasteiger partial charge in [-0.15, -0.1) is 0 Å². The number of rotatable bonds is 4. The monoisotopic (exact) mass is 261 g/mol. The van der Waals surface area contributed by atoms with Crippen LogP contribution in [0.15, 0.2) is 30.3 Å². The van der Waals surface area contributed by atoms with Gasteiger partial charge in [-0.05, 0) is 32.0 Å². The molecule has 0 saturated carbocycles. The number of carbonyl (C=O) groups is 1. The first-order valence-corrected chi connectivity index (χ1v) is 6.90. The third-order valence-electron chi connectivity index (χ3n) is 3.79. The third-order valence-corrected chi connectivity index (χ3v) is 3.79. The number of benzene rings is 1. The molecular formula is C15H23N3O. The Balaban J connectivity index is 1.76. The van der Waals surface area contributed by atoms with E-state index in [1.54, 1.807) is 4.90 Å². The Kier molecular flexibility index (Phi) is 4.80. The molecule has 2 rings (SSSR count). The van der Waals surface area contributed by atoms with Crippen molar-refractivity contribution in [2.45, 2.75) is 25.4 Å². The molecule has 1 fully saturated rings. The maximum Gasteiger partial charge on any atom is 0.317 e. The quantitative estimate of drug-likeness (QED) is 0.899. The highest BCUT2D eigenvalue weighted by molar-refractivity contribution is 5.73. The van der Waals surface area contributed by atoms with Gasteiger partial charge in [0.1, 0.15) is 0 Å². The summed E-state index contributed by atoms with van der Waals surface area (Å²) >= 11 is 0. The lowest BCUT2D eigenvalue weighted by Crippen LogP contribution is -2.43. The van der Waals surface area contributed by atoms with Crippen LogP contribution in [0.5, 0.6) is 0 Å². The van der Waals surface area contributed by atoms with Crippen molar-refractivity contribution in [2.75, 3.05) is 27.2 Å². The fraction of sp³-hybridized carbons (Fsp3) is 0.533. The molecule has 1 heterocycles. The summed E-state index contributed by atoms with van der Waals surface area (Å²) in [5.74, 6) is 0. The highest BCUT2D eigenvalue weighted by Crippen LogP contribution is 2.15. The first-order chi connectivity index (χ1) is 9.16. The van der Waals surface area contributed by atoms with Gasteiger partial charge in [0, 0.05) is 26.2 Å². The van der Waals surface area contributed by atoms with Crippen molar-refractivity contribution < 1.29 is 4.79 Å². The van der Waals surface area contributed by atoms with E-state index in [9.17, 15) is 4.79 Å². The van der Waals surface area contributed by atoms with Crippen molar-refractivity contribution in [1.82, 2.24) is 15.1 Å². The summed E-state index contributed by atoms with van der Waals surface area (Å²) in [5.41, 5.74) is 1.13. The van der Waals surface area contributed by atoms with Gasteiger partial charge in [0.2, 0.25) is 0 Å². The first kappa shape index (κ1) is 13.9. The normalized spacial score (nSPS) is 19.4. The van der Waals surface area contributed by atoms with Gasteiger partial charge in [0.15, 0.2) is 0 Å². The third kappa shape index (κ3) is 3.96. The molecule has 2 amide bonds. The number of carbonyl (C=O) groups excluding carboxylic acids is 1. The SMILES string of the molecule is CN(CC1CCCN1C)C(=O)NCc1ccccc1. The van der Waals surface area contributed by atoms with Gasteiger partial charge in [-0.3, -0.25) is 0 Å². The van der Waals surface area contributed by atoms with E-state index < -0.39 is 0 Å². The maximum absolute atomic E-state index is 12.0. The Labute approximate surface area is 115 Å². The number of nitrogens with zero attached hydrogens (tertiary/aromatic N) is 2. The van der Waals surface area contributed by atoms with Crippen LogP contribution in [-0.2, 0) is 6.54 Å². The van der Waals surface area contributed by atoms with Gasteiger partial charge in [0.25, 0.3) is 0 Å². The highest BCUT2D eigenvalue weighted by Gasteiger charge is 2.23. The van der Waals surface area contributed by atoms with E-state index in [0.717, 1.165) is 18.7 Å². The zero-order valence-electron chi connectivity index (χ0n) is 11.8. The molecule has 4 nitrogen and oxygen atoms in total. The van der Waals surface area contributed by atoms with E-state index in [4.69, 9.17) is 0 Å². The summed E-state index contributed by atoms with van der Waals surface area (Å²) in [6.07, 6.45) is 2.42. The largest absolute Gasteiger partial charge is 0.334 e. The second-order valence-corrected chi connectivity index (χ2v) is 5.30. The minimum Gasteiger partial charge on any atom is -0.334 e. The Bertz CT molecular complexity index is 407. The average molecular weight is 261 g/mol. The minimum absolute atomic E-state index is 0.00385. The van der Waals surface area contributed by atoms with Crippen molar-refractivity contribution in [3.8, 4) is 0 Å². The van der Waals surface area contributed by atoms with Crippen molar-refractivity contribution in [1.29, 1.82) is 0 Å². The molecule has 0 radical (unpaired) electrons. The summed E-state index contributed by atoms with van der Waals surface area (Å²) in [6, 6.07) is 10.5. The van der Waals surface area contributed by atoms with Crippen LogP contribution in [0.2, 0.25) is 0 Å². The van der Waals surface area contributed by atoms with Gasteiger partial charge in [-0.2, -0.15) is 0 Å². The number of nitrogens with one attached hydrogen (secondary N) is 1. The second-order valence-electron chi connectivity index (χ2n) is 5.30. The fourth-order valence-electron chi connectivity index (χ4n) is 2.52. The lowest BCUT2D eigenvalue weighted by atomic mass is 10.2. The van der Waals surface area contributed by atoms with Gasteiger partial charge < -0.3 is 15.1 Å². The summed E-state index contributed by atoms with van der Waals surface area (Å²) in [4.78, 5) is 16.1. The molecule has 1 aromatic rings. The standard InChI is InChI=1S/C15H23N3O/c1-17-10-6-9-14(17)12-18(2)15(19)16-11-13-7-4-3-5-8-13/h3-5,7-8,14H,6,9-12H2,1-2H3,(H,16,19). The molecule has 104 valence electrons. The molecular weight excluding hydrogens is 238 g/mol. The van der Waals surface area contributed by atoms with E-state index in [0.29, 0.717) is 12.6 Å². The maximum atomic E-state index is 12.0. The molecule has 19 heavy (non-hydrogen) atoms. The Morgan fingerprint density at radius 1 is 1.42 bits per heavy atom. The van der Waals surface area contributed by atoms with Crippen LogP contribution in [0.3, 0.4) is 0 Å². The molecule has 4 heteroatoms. The van der Waals surface area contributed by atoms with Gasteiger partial charge in [0.05, 0.1) is 0 Å². The van der Waals surface area contributed by atoms with Crippen molar-refractivity contribution in [3.63, 3.8) is 0 Å². The predicted octanol–water partition coefficient (Wildman–Crippen LogP) is 1.92. The lowest BCUT2D eigenvalue weighted by Gasteiger charge is -2.26. The number of hydrogen-bond donors (Lipinski definition) is 1. The van der Waals surface area contributed by atoms with E-state index in [1.165, 1.54) is 12.8 Å². The van der Waals surface area contributed by atoms with Crippen molar-refractivity contribution in [2.24, 2.45) is 0 Å². The van der Waals surface area contributed by atoms with E-state index in [1.807, 2.05) is 37.4 Å². The molecule has 1 aromatic carbocycles. The Morgan fingerprint density at radius 2 is 2.16 bits per heavy atom. The summed E-state index contributed by atoms with van der Waals surface area (Å²) in [7, 11) is 4.00. The number of likely N-dealkylation sites (tertiary alicyclic amines) is 1. The minimum atomic E-state index is 0.00385. The lowest BCUT2D eigenvalue weighted by molar-refractivity contribution is 0.189. The number of amides is 2. The molecule has 0 aromatic heterocycles. The van der Waals surface area contributed by atoms with Gasteiger partial charge >= 0.3 is 6.03 Å². The van der Waals surface area contributed by atoms with Crippen LogP contribution in [0.1, 0.15) is 18.4 Å². The van der Waals surface area contributed by atoms with E-state index >= 15 is 0 Å². The van der Waals surface area contributed by atoms with Crippen LogP contribution in [0.4, 0.5) is 4.79 Å². The fourth-order valence-corrected chi connectivity index (χ4v) is 2.52. The van der Waals surface area contributed by atoms with Crippen LogP contribution < -0.4 is 5.32 Å². The summed E-state index contributed by atoms with van der Waals surface area (Å²) < 4.78 is 0. The molecule has 1 unspecified atom stereocenters. The summed E-state index contributed by atoms with van der Waals surface area (Å²) in [6.45, 7) is 2.53. The molecule has 0 bridgehead atoms. The highest BCUT2D eigenvalue weighted by atomic mass is 16.2. The van der Waals surface area contributed by atoms with Gasteiger partial charge in [-0.25, -0.2) is 4.79 Å². The average Bonchev–Trinajstić information content (AvgIpc) is 2.82. The zero-order valence-corrected chi connectivity index (χ0v) is 11.8. The number of hydrogen-bond acceptors (Lipinski definition) is 2. The van der Waals surface area contributed by atoms with E-state index in [2.05, 4.69) is 17.3 Å². The molecule has 0 spiro atoms. The Morgan fingerprint density at radius 3 is 2.79 bits per heavy atom. The van der Waals surface area contributed by atoms with E-state index in [-0.39, 0.29) is 6.03 Å². The topological polar surface area (TPSA) is 35.6 Å². The van der Waals surface area contributed by atoms with Crippen molar-refractivity contribution >= 4 is 6.03 Å².